The Morgan fingerprint density at radius 2 is 2.06 bits per heavy atom. The smallest absolute Gasteiger partial charge is 0.330 e. The summed E-state index contributed by atoms with van der Waals surface area (Å²) >= 11 is 0. The third kappa shape index (κ3) is 2.10. The fraction of sp³-hybridized carbons (Fsp3) is 0.400. The zero-order valence-corrected chi connectivity index (χ0v) is 9.07. The second-order valence-corrected chi connectivity index (χ2v) is 3.84. The molecular weight excluding hydrogens is 233 g/mol. The summed E-state index contributed by atoms with van der Waals surface area (Å²) in [7, 11) is 0. The molecule has 0 aromatic carbocycles. The fourth-order valence-corrected chi connectivity index (χ4v) is 1.52. The Labute approximate surface area is 95.3 Å². The SMILES string of the molecule is CC(CN)c1nnc2ccc(C(F)(F)F)cn12. The first-order chi connectivity index (χ1) is 7.93. The number of aromatic nitrogens is 3. The molecule has 2 heterocycles. The molecule has 0 radical (unpaired) electrons. The number of hydrogen-bond donors (Lipinski definition) is 1. The van der Waals surface area contributed by atoms with Crippen LogP contribution in [-0.2, 0) is 6.18 Å². The van der Waals surface area contributed by atoms with Gasteiger partial charge in [0.2, 0.25) is 0 Å². The van der Waals surface area contributed by atoms with Crippen molar-refractivity contribution in [1.29, 1.82) is 0 Å². The quantitative estimate of drug-likeness (QED) is 0.876. The summed E-state index contributed by atoms with van der Waals surface area (Å²) in [5, 5.41) is 7.66. The molecule has 2 aromatic rings. The van der Waals surface area contributed by atoms with Gasteiger partial charge in [-0.1, -0.05) is 6.92 Å². The first-order valence-corrected chi connectivity index (χ1v) is 5.05. The number of nitrogens with zero attached hydrogens (tertiary/aromatic N) is 3. The van der Waals surface area contributed by atoms with Crippen LogP contribution in [0.3, 0.4) is 0 Å². The third-order valence-electron chi connectivity index (χ3n) is 2.55. The van der Waals surface area contributed by atoms with E-state index in [1.165, 1.54) is 10.5 Å². The molecule has 2 aromatic heterocycles. The van der Waals surface area contributed by atoms with E-state index in [9.17, 15) is 13.2 Å². The van der Waals surface area contributed by atoms with Crippen LogP contribution in [0.5, 0.6) is 0 Å². The maximum Gasteiger partial charge on any atom is 0.417 e. The highest BCUT2D eigenvalue weighted by Gasteiger charge is 2.31. The van der Waals surface area contributed by atoms with Gasteiger partial charge in [-0.25, -0.2) is 0 Å². The van der Waals surface area contributed by atoms with Crippen LogP contribution < -0.4 is 5.73 Å². The molecule has 0 aliphatic carbocycles. The standard InChI is InChI=1S/C10H11F3N4/c1-6(4-14)9-16-15-8-3-2-7(5-17(8)9)10(11,12)13/h2-3,5-6H,4,14H2,1H3. The molecule has 1 atom stereocenters. The molecule has 2 rings (SSSR count). The van der Waals surface area contributed by atoms with Crippen molar-refractivity contribution in [2.45, 2.75) is 19.0 Å². The molecule has 1 unspecified atom stereocenters. The van der Waals surface area contributed by atoms with Crippen LogP contribution in [0.1, 0.15) is 24.2 Å². The zero-order chi connectivity index (χ0) is 12.6. The number of rotatable bonds is 2. The lowest BCUT2D eigenvalue weighted by molar-refractivity contribution is -0.137. The summed E-state index contributed by atoms with van der Waals surface area (Å²) in [5.74, 6) is 0.294. The lowest BCUT2D eigenvalue weighted by Gasteiger charge is -2.09. The van der Waals surface area contributed by atoms with Crippen LogP contribution >= 0.6 is 0 Å². The summed E-state index contributed by atoms with van der Waals surface area (Å²) in [4.78, 5) is 0. The van der Waals surface area contributed by atoms with Crippen LogP contribution in [0.15, 0.2) is 18.3 Å². The number of alkyl halides is 3. The summed E-state index contributed by atoms with van der Waals surface area (Å²) in [6.07, 6.45) is -3.38. The highest BCUT2D eigenvalue weighted by molar-refractivity contribution is 5.40. The van der Waals surface area contributed by atoms with E-state index in [0.29, 0.717) is 18.0 Å². The van der Waals surface area contributed by atoms with Gasteiger partial charge in [-0.3, -0.25) is 4.40 Å². The number of halogens is 3. The molecule has 0 saturated carbocycles. The molecule has 17 heavy (non-hydrogen) atoms. The van der Waals surface area contributed by atoms with Crippen LogP contribution in [0.4, 0.5) is 13.2 Å². The summed E-state index contributed by atoms with van der Waals surface area (Å²) in [5.41, 5.74) is 5.13. The minimum Gasteiger partial charge on any atom is -0.330 e. The molecule has 0 aliphatic heterocycles. The molecule has 0 fully saturated rings. The van der Waals surface area contributed by atoms with Gasteiger partial charge >= 0.3 is 6.18 Å². The zero-order valence-electron chi connectivity index (χ0n) is 9.07. The Hall–Kier alpha value is -1.63. The van der Waals surface area contributed by atoms with Gasteiger partial charge in [0.25, 0.3) is 0 Å². The maximum atomic E-state index is 12.6. The van der Waals surface area contributed by atoms with Crippen molar-refractivity contribution in [2.75, 3.05) is 6.54 Å². The van der Waals surface area contributed by atoms with Gasteiger partial charge < -0.3 is 5.73 Å². The van der Waals surface area contributed by atoms with Crippen molar-refractivity contribution in [1.82, 2.24) is 14.6 Å². The fourth-order valence-electron chi connectivity index (χ4n) is 1.52. The molecular formula is C10H11F3N4. The molecule has 0 saturated heterocycles. The van der Waals surface area contributed by atoms with Crippen molar-refractivity contribution >= 4 is 5.65 Å². The second-order valence-electron chi connectivity index (χ2n) is 3.84. The number of hydrogen-bond acceptors (Lipinski definition) is 3. The molecule has 7 heteroatoms. The van der Waals surface area contributed by atoms with E-state index in [1.807, 2.05) is 0 Å². The Bertz CT molecular complexity index is 532. The average Bonchev–Trinajstić information content (AvgIpc) is 2.69. The van der Waals surface area contributed by atoms with E-state index in [1.54, 1.807) is 6.92 Å². The van der Waals surface area contributed by atoms with Gasteiger partial charge in [0.05, 0.1) is 5.56 Å². The highest BCUT2D eigenvalue weighted by Crippen LogP contribution is 2.29. The first-order valence-electron chi connectivity index (χ1n) is 5.05. The van der Waals surface area contributed by atoms with E-state index < -0.39 is 11.7 Å². The van der Waals surface area contributed by atoms with E-state index >= 15 is 0 Å². The topological polar surface area (TPSA) is 56.2 Å². The van der Waals surface area contributed by atoms with Crippen molar-refractivity contribution in [2.24, 2.45) is 5.73 Å². The molecule has 0 spiro atoms. The minimum absolute atomic E-state index is 0.145. The van der Waals surface area contributed by atoms with Crippen LogP contribution in [0, 0.1) is 0 Å². The highest BCUT2D eigenvalue weighted by atomic mass is 19.4. The van der Waals surface area contributed by atoms with E-state index in [-0.39, 0.29) is 5.92 Å². The Kier molecular flexibility index (Phi) is 2.78. The van der Waals surface area contributed by atoms with Gasteiger partial charge in [0.15, 0.2) is 5.65 Å². The predicted molar refractivity (Wildman–Crippen MR) is 55.5 cm³/mol. The second kappa shape index (κ2) is 3.99. The van der Waals surface area contributed by atoms with Gasteiger partial charge in [0, 0.05) is 18.7 Å². The van der Waals surface area contributed by atoms with Gasteiger partial charge in [-0.15, -0.1) is 10.2 Å². The predicted octanol–water partition coefficient (Wildman–Crippen LogP) is 1.81. The number of nitrogens with two attached hydrogens (primary N) is 1. The minimum atomic E-state index is -4.37. The van der Waals surface area contributed by atoms with Crippen LogP contribution in [-0.4, -0.2) is 21.1 Å². The summed E-state index contributed by atoms with van der Waals surface area (Å²) in [6.45, 7) is 2.09. The van der Waals surface area contributed by atoms with E-state index in [0.717, 1.165) is 12.3 Å². The van der Waals surface area contributed by atoms with E-state index in [2.05, 4.69) is 10.2 Å². The molecule has 4 nitrogen and oxygen atoms in total. The van der Waals surface area contributed by atoms with Gasteiger partial charge in [-0.2, -0.15) is 13.2 Å². The van der Waals surface area contributed by atoms with E-state index in [4.69, 9.17) is 5.73 Å². The third-order valence-corrected chi connectivity index (χ3v) is 2.55. The largest absolute Gasteiger partial charge is 0.417 e. The number of fused-ring (bicyclic) bond motifs is 1. The Balaban J connectivity index is 2.58. The Morgan fingerprint density at radius 3 is 2.65 bits per heavy atom. The lowest BCUT2D eigenvalue weighted by atomic mass is 10.1. The lowest BCUT2D eigenvalue weighted by Crippen LogP contribution is -2.13. The summed E-state index contributed by atoms with van der Waals surface area (Å²) in [6, 6.07) is 2.28. The first kappa shape index (κ1) is 11.8. The van der Waals surface area contributed by atoms with Crippen LogP contribution in [0.25, 0.3) is 5.65 Å². The molecule has 0 amide bonds. The molecule has 0 aliphatic rings. The van der Waals surface area contributed by atoms with Crippen molar-refractivity contribution in [3.05, 3.63) is 29.7 Å². The van der Waals surface area contributed by atoms with Gasteiger partial charge in [-0.05, 0) is 12.1 Å². The average molecular weight is 244 g/mol. The van der Waals surface area contributed by atoms with Crippen molar-refractivity contribution in [3.8, 4) is 0 Å². The molecule has 0 bridgehead atoms. The normalized spacial score (nSPS) is 14.2. The van der Waals surface area contributed by atoms with Crippen molar-refractivity contribution in [3.63, 3.8) is 0 Å². The molecule has 92 valence electrons. The Morgan fingerprint density at radius 1 is 1.35 bits per heavy atom. The van der Waals surface area contributed by atoms with Gasteiger partial charge in [0.1, 0.15) is 5.82 Å². The van der Waals surface area contributed by atoms with Crippen molar-refractivity contribution < 1.29 is 13.2 Å². The summed E-state index contributed by atoms with van der Waals surface area (Å²) < 4.78 is 39.0. The monoisotopic (exact) mass is 244 g/mol. The maximum absolute atomic E-state index is 12.6. The number of pyridine rings is 1. The van der Waals surface area contributed by atoms with Crippen LogP contribution in [0.2, 0.25) is 0 Å². The molecule has 2 N–H and O–H groups in total.